The lowest BCUT2D eigenvalue weighted by atomic mass is 10.1. The quantitative estimate of drug-likeness (QED) is 0.901. The van der Waals surface area contributed by atoms with Crippen LogP contribution in [0.25, 0.3) is 0 Å². The Labute approximate surface area is 146 Å². The van der Waals surface area contributed by atoms with Gasteiger partial charge in [-0.1, -0.05) is 17.7 Å². The molecular weight excluding hydrogens is 326 g/mol. The lowest BCUT2D eigenvalue weighted by Gasteiger charge is -2.14. The van der Waals surface area contributed by atoms with Gasteiger partial charge >= 0.3 is 0 Å². The number of nitrogens with zero attached hydrogens (tertiary/aromatic N) is 2. The summed E-state index contributed by atoms with van der Waals surface area (Å²) in [6.07, 6.45) is 0. The van der Waals surface area contributed by atoms with E-state index in [-0.39, 0.29) is 5.91 Å². The van der Waals surface area contributed by atoms with E-state index >= 15 is 0 Å². The zero-order chi connectivity index (χ0) is 17.7. The summed E-state index contributed by atoms with van der Waals surface area (Å²) < 4.78 is 5.32. The summed E-state index contributed by atoms with van der Waals surface area (Å²) in [5.74, 6) is 0.531. The minimum absolute atomic E-state index is 0.0920. The lowest BCUT2D eigenvalue weighted by molar-refractivity contribution is 0.0827. The smallest absolute Gasteiger partial charge is 0.253 e. The first-order valence-corrected chi connectivity index (χ1v) is 7.66. The fraction of sp³-hybridized carbons (Fsp3) is 0.222. The van der Waals surface area contributed by atoms with Crippen molar-refractivity contribution in [3.63, 3.8) is 0 Å². The van der Waals surface area contributed by atoms with Crippen LogP contribution in [0.1, 0.15) is 21.5 Å². The van der Waals surface area contributed by atoms with E-state index in [1.807, 2.05) is 6.07 Å². The molecule has 0 saturated heterocycles. The SMILES string of the molecule is COc1cc(C#N)ccc1CNc1cc(C(=O)N(C)C)ccc1Cl. The number of carbonyl (C=O) groups is 1. The van der Waals surface area contributed by atoms with Crippen LogP contribution >= 0.6 is 11.6 Å². The van der Waals surface area contributed by atoms with E-state index in [0.717, 1.165) is 5.56 Å². The van der Waals surface area contributed by atoms with Crippen LogP contribution in [-0.4, -0.2) is 32.0 Å². The molecule has 124 valence electrons. The monoisotopic (exact) mass is 343 g/mol. The average molecular weight is 344 g/mol. The van der Waals surface area contributed by atoms with Crippen molar-refractivity contribution >= 4 is 23.2 Å². The molecule has 5 nitrogen and oxygen atoms in total. The molecule has 24 heavy (non-hydrogen) atoms. The highest BCUT2D eigenvalue weighted by Crippen LogP contribution is 2.26. The Morgan fingerprint density at radius 1 is 1.29 bits per heavy atom. The van der Waals surface area contributed by atoms with Gasteiger partial charge in [0.1, 0.15) is 5.75 Å². The van der Waals surface area contributed by atoms with Crippen LogP contribution in [0, 0.1) is 11.3 Å². The number of hydrogen-bond acceptors (Lipinski definition) is 4. The maximum absolute atomic E-state index is 12.1. The topological polar surface area (TPSA) is 65.4 Å². The number of ether oxygens (including phenoxy) is 1. The van der Waals surface area contributed by atoms with Crippen molar-refractivity contribution in [3.05, 3.63) is 58.1 Å². The second kappa shape index (κ2) is 7.71. The molecule has 2 rings (SSSR count). The first kappa shape index (κ1) is 17.6. The Morgan fingerprint density at radius 3 is 2.67 bits per heavy atom. The van der Waals surface area contributed by atoms with E-state index in [1.165, 1.54) is 4.90 Å². The van der Waals surface area contributed by atoms with E-state index in [4.69, 9.17) is 21.6 Å². The van der Waals surface area contributed by atoms with Crippen LogP contribution in [-0.2, 0) is 6.54 Å². The number of rotatable bonds is 5. The molecule has 0 fully saturated rings. The fourth-order valence-corrected chi connectivity index (χ4v) is 2.39. The summed E-state index contributed by atoms with van der Waals surface area (Å²) in [6.45, 7) is 0.453. The number of methoxy groups -OCH3 is 1. The third kappa shape index (κ3) is 3.98. The molecule has 1 N–H and O–H groups in total. The highest BCUT2D eigenvalue weighted by molar-refractivity contribution is 6.33. The second-order valence-electron chi connectivity index (χ2n) is 5.39. The predicted octanol–water partition coefficient (Wildman–Crippen LogP) is 3.53. The van der Waals surface area contributed by atoms with Gasteiger partial charge in [-0.25, -0.2) is 0 Å². The average Bonchev–Trinajstić information content (AvgIpc) is 2.60. The number of hydrogen-bond donors (Lipinski definition) is 1. The number of amides is 1. The molecule has 0 aliphatic heterocycles. The van der Waals surface area contributed by atoms with E-state index < -0.39 is 0 Å². The van der Waals surface area contributed by atoms with Crippen molar-refractivity contribution in [1.29, 1.82) is 5.26 Å². The van der Waals surface area contributed by atoms with Crippen molar-refractivity contribution in [2.75, 3.05) is 26.5 Å². The summed E-state index contributed by atoms with van der Waals surface area (Å²) >= 11 is 6.21. The maximum atomic E-state index is 12.1. The minimum Gasteiger partial charge on any atom is -0.496 e. The number of anilines is 1. The second-order valence-corrected chi connectivity index (χ2v) is 5.79. The molecule has 6 heteroatoms. The highest BCUT2D eigenvalue weighted by Gasteiger charge is 2.11. The van der Waals surface area contributed by atoms with Crippen molar-refractivity contribution in [1.82, 2.24) is 4.90 Å². The molecule has 0 spiro atoms. The highest BCUT2D eigenvalue weighted by atomic mass is 35.5. The molecule has 0 heterocycles. The first-order chi connectivity index (χ1) is 11.5. The normalized spacial score (nSPS) is 9.96. The van der Waals surface area contributed by atoms with Gasteiger partial charge in [-0.05, 0) is 30.3 Å². The Kier molecular flexibility index (Phi) is 5.67. The third-order valence-electron chi connectivity index (χ3n) is 3.50. The summed E-state index contributed by atoms with van der Waals surface area (Å²) in [4.78, 5) is 13.6. The van der Waals surface area contributed by atoms with Crippen LogP contribution in [0.2, 0.25) is 5.02 Å². The van der Waals surface area contributed by atoms with Crippen LogP contribution in [0.3, 0.4) is 0 Å². The molecule has 2 aromatic carbocycles. The Morgan fingerprint density at radius 2 is 2.04 bits per heavy atom. The molecule has 0 unspecified atom stereocenters. The van der Waals surface area contributed by atoms with Gasteiger partial charge in [0.05, 0.1) is 29.5 Å². The molecule has 0 radical (unpaired) electrons. The number of nitrogens with one attached hydrogen (secondary N) is 1. The van der Waals surface area contributed by atoms with E-state index in [0.29, 0.717) is 34.1 Å². The molecule has 0 aliphatic carbocycles. The van der Waals surface area contributed by atoms with Crippen LogP contribution in [0.15, 0.2) is 36.4 Å². The van der Waals surface area contributed by atoms with E-state index in [2.05, 4.69) is 11.4 Å². The molecule has 0 aromatic heterocycles. The van der Waals surface area contributed by atoms with Gasteiger partial charge in [-0.2, -0.15) is 5.26 Å². The molecule has 0 saturated carbocycles. The zero-order valence-electron chi connectivity index (χ0n) is 13.8. The van der Waals surface area contributed by atoms with Gasteiger partial charge in [0.15, 0.2) is 0 Å². The Balaban J connectivity index is 2.22. The zero-order valence-corrected chi connectivity index (χ0v) is 14.5. The number of halogens is 1. The molecule has 2 aromatic rings. The molecular formula is C18H18ClN3O2. The Hall–Kier alpha value is -2.71. The lowest BCUT2D eigenvalue weighted by Crippen LogP contribution is -2.21. The number of nitriles is 1. The van der Waals surface area contributed by atoms with Gasteiger partial charge in [0, 0.05) is 31.8 Å². The third-order valence-corrected chi connectivity index (χ3v) is 3.83. The molecule has 0 bridgehead atoms. The maximum Gasteiger partial charge on any atom is 0.253 e. The van der Waals surface area contributed by atoms with Gasteiger partial charge in [-0.3, -0.25) is 4.79 Å². The number of benzene rings is 2. The minimum atomic E-state index is -0.0920. The summed E-state index contributed by atoms with van der Waals surface area (Å²) in [6, 6.07) is 12.4. The van der Waals surface area contributed by atoms with Gasteiger partial charge < -0.3 is 15.0 Å². The summed E-state index contributed by atoms with van der Waals surface area (Å²) in [5.41, 5.74) is 2.64. The van der Waals surface area contributed by atoms with Gasteiger partial charge in [0.25, 0.3) is 5.91 Å². The summed E-state index contributed by atoms with van der Waals surface area (Å²) in [5, 5.41) is 12.7. The van der Waals surface area contributed by atoms with Gasteiger partial charge in [0.2, 0.25) is 0 Å². The van der Waals surface area contributed by atoms with E-state index in [1.54, 1.807) is 51.5 Å². The number of carbonyl (C=O) groups excluding carboxylic acids is 1. The summed E-state index contributed by atoms with van der Waals surface area (Å²) in [7, 11) is 4.96. The van der Waals surface area contributed by atoms with Crippen LogP contribution < -0.4 is 10.1 Å². The van der Waals surface area contributed by atoms with Crippen molar-refractivity contribution in [2.45, 2.75) is 6.54 Å². The fourth-order valence-electron chi connectivity index (χ4n) is 2.20. The van der Waals surface area contributed by atoms with Crippen molar-refractivity contribution < 1.29 is 9.53 Å². The van der Waals surface area contributed by atoms with Crippen LogP contribution in [0.4, 0.5) is 5.69 Å². The largest absolute Gasteiger partial charge is 0.496 e. The van der Waals surface area contributed by atoms with E-state index in [9.17, 15) is 4.79 Å². The molecule has 0 aliphatic rings. The Bertz CT molecular complexity index is 797. The van der Waals surface area contributed by atoms with Crippen LogP contribution in [0.5, 0.6) is 5.75 Å². The standard InChI is InChI=1S/C18H18ClN3O2/c1-22(2)18(23)13-6-7-15(19)16(9-13)21-11-14-5-4-12(10-20)8-17(14)24-3/h4-9,21H,11H2,1-3H3. The molecule has 1 amide bonds. The van der Waals surface area contributed by atoms with Gasteiger partial charge in [-0.15, -0.1) is 0 Å². The predicted molar refractivity (Wildman–Crippen MR) is 94.5 cm³/mol. The van der Waals surface area contributed by atoms with Crippen molar-refractivity contribution in [3.8, 4) is 11.8 Å². The molecule has 0 atom stereocenters. The van der Waals surface area contributed by atoms with Crippen molar-refractivity contribution in [2.24, 2.45) is 0 Å². The first-order valence-electron chi connectivity index (χ1n) is 7.28.